The number of hydrogen-bond donors (Lipinski definition) is 0. The van der Waals surface area contributed by atoms with Gasteiger partial charge in [-0.3, -0.25) is 0 Å². The normalized spacial score (nSPS) is 12.2. The Morgan fingerprint density at radius 2 is 1.71 bits per heavy atom. The molecule has 0 aliphatic carbocycles. The third-order valence-corrected chi connectivity index (χ3v) is 5.15. The minimum absolute atomic E-state index is 0.403. The number of ether oxygens (including phenoxy) is 3. The highest BCUT2D eigenvalue weighted by atomic mass is 16.5. The molecule has 6 heteroatoms. The molecule has 3 rings (SSSR count). The lowest BCUT2D eigenvalue weighted by atomic mass is 9.95. The Labute approximate surface area is 166 Å². The van der Waals surface area contributed by atoms with Crippen molar-refractivity contribution in [3.05, 3.63) is 35.7 Å². The lowest BCUT2D eigenvalue weighted by molar-refractivity contribution is 0.377. The molecule has 150 valence electrons. The third-order valence-electron chi connectivity index (χ3n) is 5.15. The number of fused-ring (bicyclic) bond motifs is 1. The fourth-order valence-corrected chi connectivity index (χ4v) is 3.80. The monoisotopic (exact) mass is 383 g/mol. The van der Waals surface area contributed by atoms with Gasteiger partial charge in [-0.2, -0.15) is 5.10 Å². The molecule has 2 aromatic heterocycles. The van der Waals surface area contributed by atoms with Crippen LogP contribution in [0.1, 0.15) is 50.8 Å². The maximum Gasteiger partial charge on any atom is 0.159 e. The number of hydrogen-bond acceptors (Lipinski definition) is 5. The van der Waals surface area contributed by atoms with Crippen LogP contribution >= 0.6 is 0 Å². The first-order valence-electron chi connectivity index (χ1n) is 9.76. The Balaban J connectivity index is 2.31. The Morgan fingerprint density at radius 1 is 1.04 bits per heavy atom. The standard InChI is InChI=1S/C22H29N3O3/c1-7-9-14(3)20-16(8-2)24-25-17(10-11-23-22(20)25)21-18(27-5)12-15(26-4)13-19(21)28-6/h10-14H,7-9H2,1-6H3. The summed E-state index contributed by atoms with van der Waals surface area (Å²) in [5.74, 6) is 2.41. The first-order chi connectivity index (χ1) is 13.6. The first-order valence-corrected chi connectivity index (χ1v) is 9.76. The maximum atomic E-state index is 5.66. The minimum Gasteiger partial charge on any atom is -0.496 e. The highest BCUT2D eigenvalue weighted by Crippen LogP contribution is 2.42. The van der Waals surface area contributed by atoms with Crippen LogP contribution in [0.3, 0.4) is 0 Å². The van der Waals surface area contributed by atoms with Crippen molar-refractivity contribution in [3.63, 3.8) is 0 Å². The Hall–Kier alpha value is -2.76. The second-order valence-corrected chi connectivity index (χ2v) is 6.88. The number of methoxy groups -OCH3 is 3. The highest BCUT2D eigenvalue weighted by Gasteiger charge is 2.23. The molecule has 1 atom stereocenters. The van der Waals surface area contributed by atoms with Crippen LogP contribution in [0.4, 0.5) is 0 Å². The van der Waals surface area contributed by atoms with Gasteiger partial charge in [0.25, 0.3) is 0 Å². The molecule has 3 aromatic rings. The summed E-state index contributed by atoms with van der Waals surface area (Å²) in [6.45, 7) is 6.60. The summed E-state index contributed by atoms with van der Waals surface area (Å²) in [7, 11) is 4.91. The van der Waals surface area contributed by atoms with E-state index in [2.05, 4.69) is 25.8 Å². The molecule has 0 radical (unpaired) electrons. The number of nitrogens with zero attached hydrogens (tertiary/aromatic N) is 3. The van der Waals surface area contributed by atoms with Crippen molar-refractivity contribution in [2.75, 3.05) is 21.3 Å². The Bertz CT molecular complexity index is 940. The van der Waals surface area contributed by atoms with Crippen molar-refractivity contribution in [1.82, 2.24) is 14.6 Å². The molecule has 0 aliphatic rings. The molecule has 2 heterocycles. The number of aryl methyl sites for hydroxylation is 1. The van der Waals surface area contributed by atoms with Crippen molar-refractivity contribution >= 4 is 5.65 Å². The molecule has 0 amide bonds. The second-order valence-electron chi connectivity index (χ2n) is 6.88. The third kappa shape index (κ3) is 3.39. The van der Waals surface area contributed by atoms with Gasteiger partial charge >= 0.3 is 0 Å². The molecular formula is C22H29N3O3. The summed E-state index contributed by atoms with van der Waals surface area (Å²) in [6, 6.07) is 5.66. The van der Waals surface area contributed by atoms with Gasteiger partial charge in [-0.1, -0.05) is 27.2 Å². The molecule has 0 saturated carbocycles. The van der Waals surface area contributed by atoms with Crippen LogP contribution < -0.4 is 14.2 Å². The van der Waals surface area contributed by atoms with E-state index >= 15 is 0 Å². The number of rotatable bonds is 8. The van der Waals surface area contributed by atoms with Crippen molar-refractivity contribution in [2.45, 2.75) is 46.0 Å². The molecule has 0 spiro atoms. The summed E-state index contributed by atoms with van der Waals surface area (Å²) in [5, 5.41) is 4.92. The van der Waals surface area contributed by atoms with Crippen LogP contribution in [0.5, 0.6) is 17.2 Å². The van der Waals surface area contributed by atoms with E-state index in [1.807, 2.05) is 28.9 Å². The zero-order chi connectivity index (χ0) is 20.3. The molecule has 28 heavy (non-hydrogen) atoms. The highest BCUT2D eigenvalue weighted by molar-refractivity contribution is 5.77. The number of benzene rings is 1. The predicted octanol–water partition coefficient (Wildman–Crippen LogP) is 4.89. The zero-order valence-corrected chi connectivity index (χ0v) is 17.6. The molecule has 0 fully saturated rings. The first kappa shape index (κ1) is 20.0. The van der Waals surface area contributed by atoms with E-state index in [-0.39, 0.29) is 0 Å². The van der Waals surface area contributed by atoms with E-state index in [1.54, 1.807) is 21.3 Å². The van der Waals surface area contributed by atoms with Crippen LogP contribution in [-0.2, 0) is 6.42 Å². The molecule has 0 saturated heterocycles. The van der Waals surface area contributed by atoms with Crippen molar-refractivity contribution in [3.8, 4) is 28.5 Å². The van der Waals surface area contributed by atoms with E-state index in [0.29, 0.717) is 23.2 Å². The van der Waals surface area contributed by atoms with Gasteiger partial charge in [-0.25, -0.2) is 9.50 Å². The van der Waals surface area contributed by atoms with E-state index < -0.39 is 0 Å². The maximum absolute atomic E-state index is 5.66. The van der Waals surface area contributed by atoms with Crippen LogP contribution in [0, 0.1) is 0 Å². The SMILES string of the molecule is CCCC(C)c1c(CC)nn2c(-c3c(OC)cc(OC)cc3OC)ccnc12. The van der Waals surface area contributed by atoms with E-state index in [1.165, 1.54) is 5.56 Å². The smallest absolute Gasteiger partial charge is 0.159 e. The average molecular weight is 383 g/mol. The Morgan fingerprint density at radius 3 is 2.25 bits per heavy atom. The van der Waals surface area contributed by atoms with Gasteiger partial charge in [0.05, 0.1) is 38.3 Å². The van der Waals surface area contributed by atoms with Crippen LogP contribution in [0.15, 0.2) is 24.4 Å². The fourth-order valence-electron chi connectivity index (χ4n) is 3.80. The summed E-state index contributed by atoms with van der Waals surface area (Å²) in [4.78, 5) is 4.68. The summed E-state index contributed by atoms with van der Waals surface area (Å²) in [6.07, 6.45) is 4.93. The second kappa shape index (κ2) is 8.50. The largest absolute Gasteiger partial charge is 0.496 e. The quantitative estimate of drug-likeness (QED) is 0.554. The summed E-state index contributed by atoms with van der Waals surface area (Å²) < 4.78 is 18.6. The van der Waals surface area contributed by atoms with Gasteiger partial charge in [-0.05, 0) is 24.8 Å². The molecule has 1 unspecified atom stereocenters. The predicted molar refractivity (Wildman–Crippen MR) is 111 cm³/mol. The molecule has 0 aliphatic heterocycles. The Kier molecular flexibility index (Phi) is 6.07. The van der Waals surface area contributed by atoms with Gasteiger partial charge in [0.1, 0.15) is 17.2 Å². The van der Waals surface area contributed by atoms with Gasteiger partial charge in [0.15, 0.2) is 5.65 Å². The summed E-state index contributed by atoms with van der Waals surface area (Å²) in [5.41, 5.74) is 4.93. The van der Waals surface area contributed by atoms with E-state index in [4.69, 9.17) is 19.3 Å². The van der Waals surface area contributed by atoms with Gasteiger partial charge in [-0.15, -0.1) is 0 Å². The van der Waals surface area contributed by atoms with Crippen molar-refractivity contribution < 1.29 is 14.2 Å². The molecule has 0 N–H and O–H groups in total. The topological polar surface area (TPSA) is 57.9 Å². The minimum atomic E-state index is 0.403. The fraction of sp³-hybridized carbons (Fsp3) is 0.455. The van der Waals surface area contributed by atoms with Crippen LogP contribution in [-0.4, -0.2) is 35.9 Å². The molecular weight excluding hydrogens is 354 g/mol. The van der Waals surface area contributed by atoms with Crippen molar-refractivity contribution in [2.24, 2.45) is 0 Å². The average Bonchev–Trinajstić information content (AvgIpc) is 3.11. The molecule has 0 bridgehead atoms. The van der Waals surface area contributed by atoms with Crippen LogP contribution in [0.25, 0.3) is 16.9 Å². The van der Waals surface area contributed by atoms with E-state index in [9.17, 15) is 0 Å². The molecule has 6 nitrogen and oxygen atoms in total. The van der Waals surface area contributed by atoms with Gasteiger partial charge in [0.2, 0.25) is 0 Å². The zero-order valence-electron chi connectivity index (χ0n) is 17.6. The van der Waals surface area contributed by atoms with E-state index in [0.717, 1.165) is 41.9 Å². The van der Waals surface area contributed by atoms with Crippen LogP contribution in [0.2, 0.25) is 0 Å². The van der Waals surface area contributed by atoms with Crippen molar-refractivity contribution in [1.29, 1.82) is 0 Å². The molecule has 1 aromatic carbocycles. The van der Waals surface area contributed by atoms with Gasteiger partial charge < -0.3 is 14.2 Å². The lowest BCUT2D eigenvalue weighted by Gasteiger charge is -2.16. The van der Waals surface area contributed by atoms with Gasteiger partial charge in [0, 0.05) is 23.9 Å². The lowest BCUT2D eigenvalue weighted by Crippen LogP contribution is -2.01. The summed E-state index contributed by atoms with van der Waals surface area (Å²) >= 11 is 0. The number of aromatic nitrogens is 3.